The van der Waals surface area contributed by atoms with E-state index in [1.54, 1.807) is 20.1 Å². The van der Waals surface area contributed by atoms with Gasteiger partial charge in [0.05, 0.1) is 12.3 Å². The molecule has 1 aromatic heterocycles. The van der Waals surface area contributed by atoms with Crippen molar-refractivity contribution in [2.45, 2.75) is 25.5 Å². The maximum Gasteiger partial charge on any atom is 0.327 e. The highest BCUT2D eigenvalue weighted by Gasteiger charge is 2.26. The van der Waals surface area contributed by atoms with Gasteiger partial charge >= 0.3 is 7.60 Å². The van der Waals surface area contributed by atoms with E-state index in [2.05, 4.69) is 15.3 Å². The molecule has 0 aliphatic carbocycles. The Balaban J connectivity index is 1.90. The summed E-state index contributed by atoms with van der Waals surface area (Å²) in [6.07, 6.45) is 0.525. The van der Waals surface area contributed by atoms with Gasteiger partial charge in [0, 0.05) is 37.9 Å². The zero-order chi connectivity index (χ0) is 21.0. The van der Waals surface area contributed by atoms with Gasteiger partial charge in [0.1, 0.15) is 11.5 Å². The number of benzene rings is 1. The molecule has 0 spiro atoms. The Morgan fingerprint density at radius 1 is 1.34 bits per heavy atom. The number of ether oxygens (including phenoxy) is 1. The van der Waals surface area contributed by atoms with E-state index < -0.39 is 25.7 Å². The first-order chi connectivity index (χ1) is 13.7. The van der Waals surface area contributed by atoms with Crippen LogP contribution in [0.15, 0.2) is 36.4 Å². The number of nitrogens with one attached hydrogen (secondary N) is 1. The van der Waals surface area contributed by atoms with E-state index in [1.165, 1.54) is 0 Å². The van der Waals surface area contributed by atoms with Gasteiger partial charge in [-0.2, -0.15) is 0 Å². The zero-order valence-corrected chi connectivity index (χ0v) is 17.2. The van der Waals surface area contributed by atoms with Crippen LogP contribution in [0.4, 0.5) is 5.82 Å². The van der Waals surface area contributed by atoms with Crippen LogP contribution in [-0.2, 0) is 9.30 Å². The molecule has 0 saturated carbocycles. The first-order valence-electron chi connectivity index (χ1n) is 9.33. The number of amides is 1. The van der Waals surface area contributed by atoms with Crippen LogP contribution < -0.4 is 10.2 Å². The van der Waals surface area contributed by atoms with Gasteiger partial charge in [0.2, 0.25) is 0 Å². The number of hydrogen-bond acceptors (Lipinski definition) is 6. The number of aromatic nitrogens is 2. The molecule has 3 rings (SSSR count). The van der Waals surface area contributed by atoms with Gasteiger partial charge in [-0.3, -0.25) is 9.36 Å². The third-order valence-corrected chi connectivity index (χ3v) is 5.69. The summed E-state index contributed by atoms with van der Waals surface area (Å²) in [5.41, 5.74) is 0.918. The van der Waals surface area contributed by atoms with Gasteiger partial charge in [-0.15, -0.1) is 0 Å². The second-order valence-corrected chi connectivity index (χ2v) is 8.81. The Morgan fingerprint density at radius 2 is 2.07 bits per heavy atom. The van der Waals surface area contributed by atoms with Crippen molar-refractivity contribution >= 4 is 19.3 Å². The van der Waals surface area contributed by atoms with Gasteiger partial charge in [0.15, 0.2) is 5.82 Å². The quantitative estimate of drug-likeness (QED) is 0.578. The van der Waals surface area contributed by atoms with E-state index in [4.69, 9.17) is 14.5 Å². The minimum atomic E-state index is -4.23. The van der Waals surface area contributed by atoms with Crippen molar-refractivity contribution in [3.05, 3.63) is 42.1 Å². The first kappa shape index (κ1) is 21.4. The second kappa shape index (κ2) is 9.00. The summed E-state index contributed by atoms with van der Waals surface area (Å²) in [6.45, 7) is 2.96. The van der Waals surface area contributed by atoms with Gasteiger partial charge in [-0.05, 0) is 13.3 Å². The van der Waals surface area contributed by atoms with Crippen molar-refractivity contribution in [3.63, 3.8) is 0 Å². The van der Waals surface area contributed by atoms with Crippen molar-refractivity contribution in [3.8, 4) is 11.4 Å². The lowest BCUT2D eigenvalue weighted by atomic mass is 10.2. The smallest absolute Gasteiger partial charge is 0.327 e. The fourth-order valence-corrected chi connectivity index (χ4v) is 4.06. The largest absolute Gasteiger partial charge is 0.380 e. The van der Waals surface area contributed by atoms with Crippen molar-refractivity contribution in [1.29, 1.82) is 0 Å². The highest BCUT2D eigenvalue weighted by Crippen LogP contribution is 2.34. The predicted molar refractivity (Wildman–Crippen MR) is 109 cm³/mol. The first-order valence-corrected chi connectivity index (χ1v) is 11.1. The van der Waals surface area contributed by atoms with Gasteiger partial charge < -0.3 is 24.7 Å². The Bertz CT molecular complexity index is 905. The number of rotatable bonds is 7. The number of carbonyl (C=O) groups is 1. The Kier molecular flexibility index (Phi) is 6.64. The molecule has 1 aliphatic rings. The van der Waals surface area contributed by atoms with E-state index >= 15 is 0 Å². The lowest BCUT2D eigenvalue weighted by molar-refractivity contribution is 0.0938. The van der Waals surface area contributed by atoms with Crippen LogP contribution in [0.1, 0.15) is 23.8 Å². The minimum Gasteiger partial charge on any atom is -0.380 e. The van der Waals surface area contributed by atoms with E-state index in [1.807, 2.05) is 35.2 Å². The van der Waals surface area contributed by atoms with Crippen molar-refractivity contribution in [2.75, 3.05) is 31.3 Å². The molecule has 9 nitrogen and oxygen atoms in total. The molecule has 2 heterocycles. The molecule has 0 unspecified atom stereocenters. The van der Waals surface area contributed by atoms with Crippen molar-refractivity contribution in [2.24, 2.45) is 0 Å². The molecule has 2 aromatic rings. The lowest BCUT2D eigenvalue weighted by Gasteiger charge is -2.19. The second-order valence-electron chi connectivity index (χ2n) is 7.12. The average Bonchev–Trinajstić information content (AvgIpc) is 3.16. The third kappa shape index (κ3) is 5.83. The molecule has 3 N–H and O–H groups in total. The van der Waals surface area contributed by atoms with E-state index in [0.717, 1.165) is 18.5 Å². The van der Waals surface area contributed by atoms with Crippen LogP contribution in [0, 0.1) is 0 Å². The highest BCUT2D eigenvalue weighted by atomic mass is 31.2. The normalized spacial score (nSPS) is 17.9. The summed E-state index contributed by atoms with van der Waals surface area (Å²) in [5, 5.41) is 2.60. The summed E-state index contributed by atoms with van der Waals surface area (Å²) in [6, 6.07) is 10.2. The van der Waals surface area contributed by atoms with Crippen LogP contribution >= 0.6 is 7.60 Å². The van der Waals surface area contributed by atoms with E-state index in [9.17, 15) is 9.36 Å². The average molecular weight is 420 g/mol. The summed E-state index contributed by atoms with van der Waals surface area (Å²) in [5.74, 6) is 0.525. The molecule has 1 aromatic carbocycles. The van der Waals surface area contributed by atoms with Crippen molar-refractivity contribution < 1.29 is 23.9 Å². The molecule has 29 heavy (non-hydrogen) atoms. The SMILES string of the molecule is CO[C@H]1CCN(c2cc(C(=O)N[C@H](C)CP(=O)(O)O)nc(-c3ccccc3)n2)C1. The zero-order valence-electron chi connectivity index (χ0n) is 16.4. The summed E-state index contributed by atoms with van der Waals surface area (Å²) >= 11 is 0. The fourth-order valence-electron chi connectivity index (χ4n) is 3.26. The molecule has 1 amide bonds. The predicted octanol–water partition coefficient (Wildman–Crippen LogP) is 1.66. The van der Waals surface area contributed by atoms with Gasteiger partial charge in [0.25, 0.3) is 5.91 Å². The lowest BCUT2D eigenvalue weighted by Crippen LogP contribution is -2.36. The summed E-state index contributed by atoms with van der Waals surface area (Å²) < 4.78 is 16.6. The Hall–Kier alpha value is -2.32. The molecule has 0 bridgehead atoms. The van der Waals surface area contributed by atoms with Gasteiger partial charge in [-0.1, -0.05) is 30.3 Å². The van der Waals surface area contributed by atoms with Crippen LogP contribution in [0.5, 0.6) is 0 Å². The van der Waals surface area contributed by atoms with Crippen molar-refractivity contribution in [1.82, 2.24) is 15.3 Å². The Labute approximate surface area is 169 Å². The highest BCUT2D eigenvalue weighted by molar-refractivity contribution is 7.51. The molecule has 2 atom stereocenters. The maximum absolute atomic E-state index is 12.7. The molecule has 156 valence electrons. The maximum atomic E-state index is 12.7. The van der Waals surface area contributed by atoms with E-state index in [0.29, 0.717) is 18.2 Å². The van der Waals surface area contributed by atoms with Crippen LogP contribution in [0.3, 0.4) is 0 Å². The van der Waals surface area contributed by atoms with Gasteiger partial charge in [-0.25, -0.2) is 9.97 Å². The molecule has 1 saturated heterocycles. The number of carbonyl (C=O) groups excluding carboxylic acids is 1. The van der Waals surface area contributed by atoms with Crippen LogP contribution in [-0.4, -0.2) is 64.2 Å². The monoisotopic (exact) mass is 420 g/mol. The van der Waals surface area contributed by atoms with Crippen LogP contribution in [0.2, 0.25) is 0 Å². The third-order valence-electron chi connectivity index (χ3n) is 4.67. The molecular weight excluding hydrogens is 395 g/mol. The van der Waals surface area contributed by atoms with Crippen LogP contribution in [0.25, 0.3) is 11.4 Å². The Morgan fingerprint density at radius 3 is 2.69 bits per heavy atom. The molecule has 1 fully saturated rings. The standard InChI is InChI=1S/C19H25N4O5P/c1-13(12-29(25,26)27)20-19(24)16-10-17(23-9-8-15(11-23)28-2)22-18(21-16)14-6-4-3-5-7-14/h3-7,10,13,15H,8-9,11-12H2,1-2H3,(H,20,24)(H2,25,26,27)/t13-,15+/m1/s1. The van der Waals surface area contributed by atoms with E-state index in [-0.39, 0.29) is 11.8 Å². The number of anilines is 1. The summed E-state index contributed by atoms with van der Waals surface area (Å²) in [7, 11) is -2.56. The number of nitrogens with zero attached hydrogens (tertiary/aromatic N) is 3. The molecule has 1 aliphatic heterocycles. The molecule has 0 radical (unpaired) electrons. The molecular formula is C19H25N4O5P. The summed E-state index contributed by atoms with van der Waals surface area (Å²) in [4.78, 5) is 42.0. The molecule has 10 heteroatoms. The number of hydrogen-bond donors (Lipinski definition) is 3. The number of methoxy groups -OCH3 is 1. The topological polar surface area (TPSA) is 125 Å². The minimum absolute atomic E-state index is 0.102. The fraction of sp³-hybridized carbons (Fsp3) is 0.421.